The average Bonchev–Trinajstić information content (AvgIpc) is 2.86. The summed E-state index contributed by atoms with van der Waals surface area (Å²) in [5.41, 5.74) is 1.33. The maximum Gasteiger partial charge on any atom is 0.0534 e. The molecule has 1 aromatic rings. The molecular weight excluding hydrogens is 174 g/mol. The topological polar surface area (TPSA) is 21.1 Å². The first-order valence-electron chi connectivity index (χ1n) is 5.40. The number of hydrogen-bond acceptors (Lipinski definition) is 2. The van der Waals surface area contributed by atoms with E-state index in [9.17, 15) is 0 Å². The van der Waals surface area contributed by atoms with Gasteiger partial charge in [-0.05, 0) is 26.7 Å². The third kappa shape index (κ3) is 2.15. The number of rotatable bonds is 4. The molecule has 0 atom stereocenters. The monoisotopic (exact) mass is 193 g/mol. The predicted octanol–water partition coefficient (Wildman–Crippen LogP) is 1.79. The molecule has 3 nitrogen and oxygen atoms in total. The van der Waals surface area contributed by atoms with Crippen LogP contribution in [-0.2, 0) is 13.6 Å². The van der Waals surface area contributed by atoms with E-state index >= 15 is 0 Å². The fourth-order valence-corrected chi connectivity index (χ4v) is 1.90. The lowest BCUT2D eigenvalue weighted by atomic mass is 10.2. The summed E-state index contributed by atoms with van der Waals surface area (Å²) in [6.45, 7) is 5.60. The molecule has 0 aromatic carbocycles. The third-order valence-corrected chi connectivity index (χ3v) is 2.80. The van der Waals surface area contributed by atoms with Crippen LogP contribution in [0.5, 0.6) is 0 Å². The molecule has 1 fully saturated rings. The van der Waals surface area contributed by atoms with Crippen LogP contribution in [0.3, 0.4) is 0 Å². The highest BCUT2D eigenvalue weighted by Crippen LogP contribution is 2.29. The van der Waals surface area contributed by atoms with Gasteiger partial charge in [-0.25, -0.2) is 0 Å². The van der Waals surface area contributed by atoms with Crippen molar-refractivity contribution in [2.75, 3.05) is 0 Å². The van der Waals surface area contributed by atoms with Gasteiger partial charge in [0.05, 0.1) is 6.20 Å². The summed E-state index contributed by atoms with van der Waals surface area (Å²) in [6.07, 6.45) is 6.83. The van der Waals surface area contributed by atoms with Gasteiger partial charge in [0.2, 0.25) is 0 Å². The molecule has 0 aliphatic heterocycles. The number of hydrogen-bond donors (Lipinski definition) is 0. The van der Waals surface area contributed by atoms with Crippen LogP contribution in [0.15, 0.2) is 12.4 Å². The summed E-state index contributed by atoms with van der Waals surface area (Å²) in [4.78, 5) is 2.57. The Labute approximate surface area is 85.7 Å². The van der Waals surface area contributed by atoms with Crippen molar-refractivity contribution in [3.05, 3.63) is 18.0 Å². The quantitative estimate of drug-likeness (QED) is 0.727. The molecule has 0 radical (unpaired) electrons. The van der Waals surface area contributed by atoms with Crippen LogP contribution < -0.4 is 0 Å². The minimum Gasteiger partial charge on any atom is -0.294 e. The molecule has 78 valence electrons. The third-order valence-electron chi connectivity index (χ3n) is 2.80. The van der Waals surface area contributed by atoms with Crippen LogP contribution in [0.1, 0.15) is 32.3 Å². The van der Waals surface area contributed by atoms with Crippen molar-refractivity contribution >= 4 is 0 Å². The van der Waals surface area contributed by atoms with Crippen molar-refractivity contribution < 1.29 is 0 Å². The normalized spacial score (nSPS) is 16.9. The smallest absolute Gasteiger partial charge is 0.0534 e. The lowest BCUT2D eigenvalue weighted by Gasteiger charge is -2.25. The van der Waals surface area contributed by atoms with Gasteiger partial charge in [-0.1, -0.05) is 0 Å². The van der Waals surface area contributed by atoms with E-state index in [1.807, 2.05) is 17.9 Å². The highest BCUT2D eigenvalue weighted by Gasteiger charge is 2.30. The zero-order chi connectivity index (χ0) is 10.1. The summed E-state index contributed by atoms with van der Waals surface area (Å²) in [5, 5.41) is 4.20. The van der Waals surface area contributed by atoms with E-state index < -0.39 is 0 Å². The lowest BCUT2D eigenvalue weighted by Crippen LogP contribution is -2.32. The molecule has 1 heterocycles. The van der Waals surface area contributed by atoms with Crippen LogP contribution in [0.2, 0.25) is 0 Å². The molecule has 0 spiro atoms. The van der Waals surface area contributed by atoms with Gasteiger partial charge < -0.3 is 0 Å². The first kappa shape index (κ1) is 9.71. The Morgan fingerprint density at radius 1 is 1.57 bits per heavy atom. The SMILES string of the molecule is CC(C)N(Cc1cnn(C)c1)C1CC1. The van der Waals surface area contributed by atoms with Gasteiger partial charge in [-0.3, -0.25) is 9.58 Å². The van der Waals surface area contributed by atoms with Gasteiger partial charge in [0.15, 0.2) is 0 Å². The average molecular weight is 193 g/mol. The lowest BCUT2D eigenvalue weighted by molar-refractivity contribution is 0.202. The van der Waals surface area contributed by atoms with E-state index in [0.717, 1.165) is 12.6 Å². The highest BCUT2D eigenvalue weighted by atomic mass is 15.3. The predicted molar refractivity (Wildman–Crippen MR) is 56.9 cm³/mol. The Morgan fingerprint density at radius 3 is 2.71 bits per heavy atom. The van der Waals surface area contributed by atoms with Crippen LogP contribution >= 0.6 is 0 Å². The van der Waals surface area contributed by atoms with Gasteiger partial charge in [0.1, 0.15) is 0 Å². The van der Waals surface area contributed by atoms with Gasteiger partial charge in [0.25, 0.3) is 0 Å². The first-order valence-corrected chi connectivity index (χ1v) is 5.40. The van der Waals surface area contributed by atoms with Crippen LogP contribution in [0.25, 0.3) is 0 Å². The number of aromatic nitrogens is 2. The number of nitrogens with zero attached hydrogens (tertiary/aromatic N) is 3. The summed E-state index contributed by atoms with van der Waals surface area (Å²) in [5.74, 6) is 0. The van der Waals surface area contributed by atoms with E-state index in [4.69, 9.17) is 0 Å². The van der Waals surface area contributed by atoms with Crippen molar-refractivity contribution in [3.8, 4) is 0 Å². The number of aryl methyl sites for hydroxylation is 1. The molecular formula is C11H19N3. The van der Waals surface area contributed by atoms with E-state index in [2.05, 4.69) is 30.0 Å². The van der Waals surface area contributed by atoms with Crippen molar-refractivity contribution in [1.29, 1.82) is 0 Å². The molecule has 0 saturated heterocycles. The summed E-state index contributed by atoms with van der Waals surface area (Å²) in [7, 11) is 1.97. The second-order valence-corrected chi connectivity index (χ2v) is 4.52. The Bertz CT molecular complexity index is 297. The van der Waals surface area contributed by atoms with E-state index in [1.54, 1.807) is 0 Å². The van der Waals surface area contributed by atoms with Crippen molar-refractivity contribution in [3.63, 3.8) is 0 Å². The van der Waals surface area contributed by atoms with Gasteiger partial charge in [0, 0.05) is 37.4 Å². The first-order chi connectivity index (χ1) is 6.66. The van der Waals surface area contributed by atoms with Crippen LogP contribution in [0, 0.1) is 0 Å². The molecule has 3 heteroatoms. The Hall–Kier alpha value is -0.830. The van der Waals surface area contributed by atoms with Crippen molar-refractivity contribution in [2.45, 2.75) is 45.3 Å². The summed E-state index contributed by atoms with van der Waals surface area (Å²) < 4.78 is 1.88. The maximum absolute atomic E-state index is 4.20. The summed E-state index contributed by atoms with van der Waals surface area (Å²) in [6, 6.07) is 1.47. The van der Waals surface area contributed by atoms with Gasteiger partial charge in [-0.15, -0.1) is 0 Å². The molecule has 1 saturated carbocycles. The van der Waals surface area contributed by atoms with E-state index in [-0.39, 0.29) is 0 Å². The molecule has 2 rings (SSSR count). The molecule has 0 amide bonds. The minimum absolute atomic E-state index is 0.641. The van der Waals surface area contributed by atoms with E-state index in [0.29, 0.717) is 6.04 Å². The Morgan fingerprint density at radius 2 is 2.29 bits per heavy atom. The molecule has 0 unspecified atom stereocenters. The molecule has 0 bridgehead atoms. The second-order valence-electron chi connectivity index (χ2n) is 4.52. The second kappa shape index (κ2) is 3.73. The minimum atomic E-state index is 0.641. The molecule has 14 heavy (non-hydrogen) atoms. The molecule has 1 aliphatic rings. The largest absolute Gasteiger partial charge is 0.294 e. The standard InChI is InChI=1S/C11H19N3/c1-9(2)14(11-4-5-11)8-10-6-12-13(3)7-10/h6-7,9,11H,4-5,8H2,1-3H3. The molecule has 0 N–H and O–H groups in total. The summed E-state index contributed by atoms with van der Waals surface area (Å²) >= 11 is 0. The zero-order valence-electron chi connectivity index (χ0n) is 9.27. The highest BCUT2D eigenvalue weighted by molar-refractivity contribution is 5.05. The molecule has 1 aliphatic carbocycles. The van der Waals surface area contributed by atoms with Gasteiger partial charge in [-0.2, -0.15) is 5.10 Å². The maximum atomic E-state index is 4.20. The van der Waals surface area contributed by atoms with Crippen LogP contribution in [-0.4, -0.2) is 26.8 Å². The Kier molecular flexibility index (Phi) is 2.59. The molecule has 1 aromatic heterocycles. The van der Waals surface area contributed by atoms with Gasteiger partial charge >= 0.3 is 0 Å². The van der Waals surface area contributed by atoms with E-state index in [1.165, 1.54) is 18.4 Å². The van der Waals surface area contributed by atoms with Crippen molar-refractivity contribution in [1.82, 2.24) is 14.7 Å². The van der Waals surface area contributed by atoms with Crippen molar-refractivity contribution in [2.24, 2.45) is 7.05 Å². The Balaban J connectivity index is 1.99. The zero-order valence-corrected chi connectivity index (χ0v) is 9.27. The van der Waals surface area contributed by atoms with Crippen LogP contribution in [0.4, 0.5) is 0 Å². The fraction of sp³-hybridized carbons (Fsp3) is 0.727. The fourth-order valence-electron chi connectivity index (χ4n) is 1.90.